The summed E-state index contributed by atoms with van der Waals surface area (Å²) < 4.78 is 5.22. The Morgan fingerprint density at radius 1 is 1.17 bits per heavy atom. The van der Waals surface area contributed by atoms with Crippen molar-refractivity contribution in [1.29, 1.82) is 0 Å². The van der Waals surface area contributed by atoms with Gasteiger partial charge in [-0.05, 0) is 24.2 Å². The van der Waals surface area contributed by atoms with Crippen molar-refractivity contribution in [1.82, 2.24) is 4.90 Å². The molecular formula is C10H17NO. The molecule has 4 fully saturated rings. The summed E-state index contributed by atoms with van der Waals surface area (Å²) >= 11 is 0. The third-order valence-corrected chi connectivity index (χ3v) is 4.17. The summed E-state index contributed by atoms with van der Waals surface area (Å²) in [5.41, 5.74) is 0. The quantitative estimate of drug-likeness (QED) is 0.577. The number of ether oxygens (including phenoxy) is 1. The van der Waals surface area contributed by atoms with E-state index >= 15 is 0 Å². The maximum Gasteiger partial charge on any atom is 0.0645 e. The molecule has 2 nitrogen and oxygen atoms in total. The van der Waals surface area contributed by atoms with Gasteiger partial charge in [0.25, 0.3) is 0 Å². The molecule has 4 aliphatic rings. The van der Waals surface area contributed by atoms with Crippen molar-refractivity contribution in [3.05, 3.63) is 0 Å². The van der Waals surface area contributed by atoms with E-state index in [1.54, 1.807) is 0 Å². The molecule has 0 aromatic heterocycles. The van der Waals surface area contributed by atoms with Gasteiger partial charge >= 0.3 is 0 Å². The highest BCUT2D eigenvalue weighted by Gasteiger charge is 2.46. The normalized spacial score (nSPS) is 48.2. The van der Waals surface area contributed by atoms with E-state index in [-0.39, 0.29) is 0 Å². The molecule has 3 saturated heterocycles. The van der Waals surface area contributed by atoms with E-state index in [1.807, 2.05) is 0 Å². The van der Waals surface area contributed by atoms with E-state index in [4.69, 9.17) is 4.74 Å². The zero-order valence-corrected chi connectivity index (χ0v) is 7.70. The predicted molar refractivity (Wildman–Crippen MR) is 46.9 cm³/mol. The van der Waals surface area contributed by atoms with Gasteiger partial charge in [0.1, 0.15) is 0 Å². The molecule has 3 aliphatic heterocycles. The van der Waals surface area contributed by atoms with Crippen LogP contribution in [-0.4, -0.2) is 37.2 Å². The number of hydrogen-bond acceptors (Lipinski definition) is 2. The van der Waals surface area contributed by atoms with Crippen LogP contribution >= 0.6 is 0 Å². The summed E-state index contributed by atoms with van der Waals surface area (Å²) in [7, 11) is 0. The Morgan fingerprint density at radius 3 is 2.25 bits per heavy atom. The largest absolute Gasteiger partial charge is 0.378 e. The lowest BCUT2D eigenvalue weighted by molar-refractivity contribution is -0.124. The fraction of sp³-hybridized carbons (Fsp3) is 1.00. The first kappa shape index (κ1) is 7.34. The van der Waals surface area contributed by atoms with Crippen molar-refractivity contribution in [3.8, 4) is 0 Å². The molecule has 1 saturated carbocycles. The summed E-state index contributed by atoms with van der Waals surface area (Å²) in [6.45, 7) is 7.12. The molecular weight excluding hydrogens is 150 g/mol. The Balaban J connectivity index is 1.63. The Kier molecular flexibility index (Phi) is 1.50. The minimum Gasteiger partial charge on any atom is -0.378 e. The zero-order chi connectivity index (χ0) is 8.13. The second-order valence-corrected chi connectivity index (χ2v) is 4.76. The molecule has 2 unspecified atom stereocenters. The molecule has 0 N–H and O–H groups in total. The molecule has 2 bridgehead atoms. The molecule has 0 radical (unpaired) electrons. The highest BCUT2D eigenvalue weighted by Crippen LogP contribution is 2.45. The molecule has 3 heterocycles. The highest BCUT2D eigenvalue weighted by atomic mass is 16.5. The van der Waals surface area contributed by atoms with Crippen LogP contribution in [0.2, 0.25) is 0 Å². The zero-order valence-electron chi connectivity index (χ0n) is 7.70. The lowest BCUT2D eigenvalue weighted by Crippen LogP contribution is -2.61. The van der Waals surface area contributed by atoms with Gasteiger partial charge in [0.2, 0.25) is 0 Å². The van der Waals surface area contributed by atoms with Crippen molar-refractivity contribution in [3.63, 3.8) is 0 Å². The maximum atomic E-state index is 5.22. The van der Waals surface area contributed by atoms with E-state index in [1.165, 1.54) is 19.5 Å². The van der Waals surface area contributed by atoms with Gasteiger partial charge in [0.05, 0.1) is 19.3 Å². The Morgan fingerprint density at radius 2 is 1.83 bits per heavy atom. The van der Waals surface area contributed by atoms with Gasteiger partial charge in [0.15, 0.2) is 0 Å². The van der Waals surface area contributed by atoms with E-state index < -0.39 is 0 Å². The van der Waals surface area contributed by atoms with Gasteiger partial charge in [-0.1, -0.05) is 6.92 Å². The summed E-state index contributed by atoms with van der Waals surface area (Å²) in [4.78, 5) is 2.66. The van der Waals surface area contributed by atoms with Crippen LogP contribution < -0.4 is 0 Å². The monoisotopic (exact) mass is 167 g/mol. The van der Waals surface area contributed by atoms with Crippen molar-refractivity contribution < 1.29 is 4.74 Å². The maximum absolute atomic E-state index is 5.22. The van der Waals surface area contributed by atoms with E-state index in [0.29, 0.717) is 0 Å². The van der Waals surface area contributed by atoms with Crippen molar-refractivity contribution in [2.24, 2.45) is 17.8 Å². The minimum atomic E-state index is 0.780. The Labute approximate surface area is 73.9 Å². The van der Waals surface area contributed by atoms with E-state index in [2.05, 4.69) is 11.8 Å². The molecule has 2 atom stereocenters. The van der Waals surface area contributed by atoms with Crippen molar-refractivity contribution in [2.45, 2.75) is 19.4 Å². The summed E-state index contributed by atoms with van der Waals surface area (Å²) in [5.74, 6) is 3.05. The second kappa shape index (κ2) is 2.46. The van der Waals surface area contributed by atoms with Gasteiger partial charge < -0.3 is 4.74 Å². The van der Waals surface area contributed by atoms with Gasteiger partial charge in [0, 0.05) is 13.1 Å². The Bertz CT molecular complexity index is 178. The number of nitrogens with zero attached hydrogens (tertiary/aromatic N) is 1. The number of piperidine rings is 2. The molecule has 0 aromatic carbocycles. The van der Waals surface area contributed by atoms with Crippen LogP contribution in [0.5, 0.6) is 0 Å². The first-order valence-corrected chi connectivity index (χ1v) is 5.16. The van der Waals surface area contributed by atoms with Crippen LogP contribution in [0.3, 0.4) is 0 Å². The first-order chi connectivity index (χ1) is 5.84. The topological polar surface area (TPSA) is 12.5 Å². The lowest BCUT2D eigenvalue weighted by atomic mass is 9.62. The number of hydrogen-bond donors (Lipinski definition) is 0. The molecule has 0 spiro atoms. The number of fused-ring (bicyclic) bond motifs is 2. The van der Waals surface area contributed by atoms with Gasteiger partial charge in [-0.25, -0.2) is 0 Å². The average molecular weight is 167 g/mol. The van der Waals surface area contributed by atoms with E-state index in [9.17, 15) is 0 Å². The summed E-state index contributed by atoms with van der Waals surface area (Å²) in [6.07, 6.45) is 1.51. The highest BCUT2D eigenvalue weighted by molar-refractivity contribution is 4.97. The van der Waals surface area contributed by atoms with E-state index in [0.717, 1.165) is 37.0 Å². The molecule has 0 aromatic rings. The van der Waals surface area contributed by atoms with Crippen LogP contribution in [-0.2, 0) is 4.74 Å². The van der Waals surface area contributed by atoms with Gasteiger partial charge in [-0.15, -0.1) is 0 Å². The fourth-order valence-corrected chi connectivity index (χ4v) is 2.90. The summed E-state index contributed by atoms with van der Waals surface area (Å²) in [5, 5.41) is 0. The SMILES string of the molecule is CC1C2CC1CN(C1COC1)C2. The van der Waals surface area contributed by atoms with Crippen LogP contribution in [0.1, 0.15) is 13.3 Å². The molecule has 4 rings (SSSR count). The molecule has 0 amide bonds. The minimum absolute atomic E-state index is 0.780. The van der Waals surface area contributed by atoms with Crippen LogP contribution in [0.15, 0.2) is 0 Å². The molecule has 2 heteroatoms. The molecule has 1 aliphatic carbocycles. The Hall–Kier alpha value is -0.0800. The predicted octanol–water partition coefficient (Wildman–Crippen LogP) is 0.973. The van der Waals surface area contributed by atoms with Gasteiger partial charge in [-0.3, -0.25) is 4.90 Å². The summed E-state index contributed by atoms with van der Waals surface area (Å²) in [6, 6.07) is 0.780. The average Bonchev–Trinajstić information content (AvgIpc) is 2.01. The third kappa shape index (κ3) is 0.882. The fourth-order valence-electron chi connectivity index (χ4n) is 2.90. The molecule has 68 valence electrons. The number of rotatable bonds is 1. The van der Waals surface area contributed by atoms with Crippen LogP contribution in [0.25, 0.3) is 0 Å². The lowest BCUT2D eigenvalue weighted by Gasteiger charge is -2.55. The molecule has 12 heavy (non-hydrogen) atoms. The first-order valence-electron chi connectivity index (χ1n) is 5.16. The standard InChI is InChI=1S/C10H17NO/c1-7-8-2-9(7)4-11(3-8)10-5-12-6-10/h7-10H,2-6H2,1H3. The smallest absolute Gasteiger partial charge is 0.0645 e. The second-order valence-electron chi connectivity index (χ2n) is 4.76. The van der Waals surface area contributed by atoms with Gasteiger partial charge in [-0.2, -0.15) is 0 Å². The van der Waals surface area contributed by atoms with Crippen molar-refractivity contribution >= 4 is 0 Å². The van der Waals surface area contributed by atoms with Crippen LogP contribution in [0.4, 0.5) is 0 Å². The third-order valence-electron chi connectivity index (χ3n) is 4.17. The van der Waals surface area contributed by atoms with Crippen LogP contribution in [0, 0.1) is 17.8 Å². The van der Waals surface area contributed by atoms with Crippen molar-refractivity contribution in [2.75, 3.05) is 26.3 Å².